The van der Waals surface area contributed by atoms with Crippen LogP contribution < -0.4 is 4.57 Å². The number of hydrogen-bond donors (Lipinski definition) is 0. The standard InChI is InChI=1S/C20H31Cl2NO2P/c1-15(2)16-10-9-11-23(12-16)20(8)13-19(7,14-25-26(21,22)24)17(3,4)18(20,5)6/h9-12H,1,13-14H2,2-8H3/q+1/t19-,20?/m1/s1. The summed E-state index contributed by atoms with van der Waals surface area (Å²) in [5.41, 5.74) is 1.52. The van der Waals surface area contributed by atoms with Crippen molar-refractivity contribution in [2.75, 3.05) is 6.61 Å². The van der Waals surface area contributed by atoms with Crippen LogP contribution in [0.25, 0.3) is 5.57 Å². The molecule has 0 bridgehead atoms. The van der Waals surface area contributed by atoms with Crippen molar-refractivity contribution in [3.05, 3.63) is 36.7 Å². The van der Waals surface area contributed by atoms with E-state index >= 15 is 0 Å². The van der Waals surface area contributed by atoms with Gasteiger partial charge in [0.25, 0.3) is 0 Å². The van der Waals surface area contributed by atoms with Gasteiger partial charge in [-0.25, -0.2) is 0 Å². The van der Waals surface area contributed by atoms with Crippen molar-refractivity contribution in [2.45, 2.75) is 60.4 Å². The van der Waals surface area contributed by atoms with Crippen molar-refractivity contribution in [3.8, 4) is 0 Å². The van der Waals surface area contributed by atoms with Crippen molar-refractivity contribution in [3.63, 3.8) is 0 Å². The number of rotatable bonds is 5. The van der Waals surface area contributed by atoms with E-state index < -0.39 is 6.07 Å². The van der Waals surface area contributed by atoms with Crippen LogP contribution in [0.3, 0.4) is 0 Å². The highest BCUT2D eigenvalue weighted by atomic mass is 35.9. The van der Waals surface area contributed by atoms with E-state index in [1.165, 1.54) is 0 Å². The van der Waals surface area contributed by atoms with Gasteiger partial charge in [0.15, 0.2) is 17.9 Å². The van der Waals surface area contributed by atoms with Crippen LogP contribution in [-0.2, 0) is 14.6 Å². The normalized spacial score (nSPS) is 30.3. The smallest absolute Gasteiger partial charge is 0.306 e. The molecule has 1 saturated carbocycles. The van der Waals surface area contributed by atoms with Crippen LogP contribution in [-0.4, -0.2) is 6.61 Å². The molecule has 1 aliphatic carbocycles. The van der Waals surface area contributed by atoms with Crippen LogP contribution in [0.4, 0.5) is 0 Å². The first-order valence-corrected chi connectivity index (χ1v) is 12.3. The van der Waals surface area contributed by atoms with Gasteiger partial charge in [-0.1, -0.05) is 41.2 Å². The van der Waals surface area contributed by atoms with Gasteiger partial charge in [0.2, 0.25) is 0 Å². The minimum Gasteiger partial charge on any atom is -0.306 e. The van der Waals surface area contributed by atoms with Crippen LogP contribution in [0.1, 0.15) is 60.5 Å². The molecule has 1 unspecified atom stereocenters. The van der Waals surface area contributed by atoms with Crippen molar-refractivity contribution >= 4 is 34.1 Å². The number of halogens is 2. The Morgan fingerprint density at radius 1 is 1.23 bits per heavy atom. The third-order valence-corrected chi connectivity index (χ3v) is 8.56. The topological polar surface area (TPSA) is 30.2 Å². The Balaban J connectivity index is 2.55. The lowest BCUT2D eigenvalue weighted by atomic mass is 9.58. The second-order valence-electron chi connectivity index (χ2n) is 9.23. The average Bonchev–Trinajstić information content (AvgIpc) is 2.61. The summed E-state index contributed by atoms with van der Waals surface area (Å²) in [5, 5.41) is 0. The van der Waals surface area contributed by atoms with E-state index in [2.05, 4.69) is 77.2 Å². The highest BCUT2D eigenvalue weighted by Crippen LogP contribution is 2.69. The number of nitrogens with zero attached hydrogens (tertiary/aromatic N) is 1. The summed E-state index contributed by atoms with van der Waals surface area (Å²) in [4.78, 5) is 0. The quantitative estimate of drug-likeness (QED) is 0.389. The van der Waals surface area contributed by atoms with Gasteiger partial charge in [-0.05, 0) is 46.5 Å². The fraction of sp³-hybridized carbons (Fsp3) is 0.650. The van der Waals surface area contributed by atoms with Gasteiger partial charge in [-0.3, -0.25) is 4.57 Å². The molecule has 0 aromatic carbocycles. The molecule has 26 heavy (non-hydrogen) atoms. The maximum atomic E-state index is 11.7. The second-order valence-corrected chi connectivity index (χ2v) is 13.5. The molecule has 1 aromatic rings. The van der Waals surface area contributed by atoms with Gasteiger partial charge in [-0.15, -0.1) is 0 Å². The van der Waals surface area contributed by atoms with Crippen molar-refractivity contribution in [1.82, 2.24) is 0 Å². The third-order valence-electron chi connectivity index (χ3n) is 7.55. The fourth-order valence-electron chi connectivity index (χ4n) is 4.53. The lowest BCUT2D eigenvalue weighted by Gasteiger charge is -2.46. The number of allylic oxidation sites excluding steroid dienone is 1. The van der Waals surface area contributed by atoms with E-state index in [0.29, 0.717) is 0 Å². The van der Waals surface area contributed by atoms with Crippen LogP contribution in [0, 0.1) is 16.2 Å². The highest BCUT2D eigenvalue weighted by Gasteiger charge is 2.71. The summed E-state index contributed by atoms with van der Waals surface area (Å²) in [5.74, 6) is 0. The Bertz CT molecular complexity index is 771. The summed E-state index contributed by atoms with van der Waals surface area (Å²) in [6.07, 6.45) is 1.56. The highest BCUT2D eigenvalue weighted by molar-refractivity contribution is 8.05. The molecule has 0 radical (unpaired) electrons. The van der Waals surface area contributed by atoms with Crippen molar-refractivity contribution < 1.29 is 13.7 Å². The maximum Gasteiger partial charge on any atom is 0.380 e. The molecule has 1 aromatic heterocycles. The monoisotopic (exact) mass is 418 g/mol. The Hall–Kier alpha value is -0.340. The summed E-state index contributed by atoms with van der Waals surface area (Å²) in [6.45, 7) is 19.9. The molecule has 2 atom stereocenters. The predicted molar refractivity (Wildman–Crippen MR) is 111 cm³/mol. The molecule has 1 heterocycles. The first kappa shape index (κ1) is 22.0. The summed E-state index contributed by atoms with van der Waals surface area (Å²) in [7, 11) is 0. The fourth-order valence-corrected chi connectivity index (χ4v) is 5.26. The van der Waals surface area contributed by atoms with Crippen molar-refractivity contribution in [1.29, 1.82) is 0 Å². The molecule has 0 amide bonds. The molecule has 0 spiro atoms. The minimum absolute atomic E-state index is 0.0842. The number of hydrogen-bond acceptors (Lipinski definition) is 2. The van der Waals surface area contributed by atoms with Gasteiger partial charge in [-0.2, -0.15) is 4.57 Å². The SMILES string of the molecule is C=C(C)c1ccc[n+](C2(C)C[C@](C)(COP(=O)(Cl)Cl)C(C)(C)C2(C)C)c1. The van der Waals surface area contributed by atoms with Crippen LogP contribution in [0.5, 0.6) is 0 Å². The first-order valence-electron chi connectivity index (χ1n) is 8.89. The van der Waals surface area contributed by atoms with Crippen LogP contribution in [0.15, 0.2) is 31.1 Å². The van der Waals surface area contributed by atoms with Gasteiger partial charge >= 0.3 is 6.07 Å². The molecule has 0 N–H and O–H groups in total. The molecule has 2 rings (SSSR count). The van der Waals surface area contributed by atoms with Gasteiger partial charge in [0, 0.05) is 35.8 Å². The zero-order valence-electron chi connectivity index (χ0n) is 16.9. The maximum absolute atomic E-state index is 11.7. The second kappa shape index (κ2) is 6.62. The minimum atomic E-state index is -3.57. The van der Waals surface area contributed by atoms with E-state index in [9.17, 15) is 4.57 Å². The molecule has 3 nitrogen and oxygen atoms in total. The molecule has 1 aliphatic rings. The summed E-state index contributed by atoms with van der Waals surface area (Å²) in [6, 6.07) is 4.14. The Morgan fingerprint density at radius 3 is 2.31 bits per heavy atom. The van der Waals surface area contributed by atoms with Gasteiger partial charge in [0.1, 0.15) is 0 Å². The van der Waals surface area contributed by atoms with E-state index in [0.717, 1.165) is 17.6 Å². The van der Waals surface area contributed by atoms with Crippen molar-refractivity contribution in [2.24, 2.45) is 16.2 Å². The Labute approximate surface area is 167 Å². The number of aromatic nitrogens is 1. The largest absolute Gasteiger partial charge is 0.380 e. The lowest BCUT2D eigenvalue weighted by Crippen LogP contribution is -2.61. The zero-order valence-corrected chi connectivity index (χ0v) is 19.3. The van der Waals surface area contributed by atoms with E-state index in [4.69, 9.17) is 27.0 Å². The van der Waals surface area contributed by atoms with E-state index in [1.54, 1.807) is 0 Å². The van der Waals surface area contributed by atoms with Gasteiger partial charge in [0.05, 0.1) is 6.61 Å². The molecule has 0 aliphatic heterocycles. The van der Waals surface area contributed by atoms with E-state index in [1.807, 2.05) is 6.92 Å². The summed E-state index contributed by atoms with van der Waals surface area (Å²) >= 11 is 11.3. The molecule has 146 valence electrons. The number of pyridine rings is 1. The van der Waals surface area contributed by atoms with Crippen LogP contribution in [0.2, 0.25) is 0 Å². The molecular weight excluding hydrogens is 388 g/mol. The Morgan fingerprint density at radius 2 is 1.81 bits per heavy atom. The zero-order chi connectivity index (χ0) is 20.2. The van der Waals surface area contributed by atoms with Gasteiger partial charge < -0.3 is 4.52 Å². The van der Waals surface area contributed by atoms with E-state index in [-0.39, 0.29) is 28.4 Å². The Kier molecular flexibility index (Phi) is 5.59. The third kappa shape index (κ3) is 3.41. The molecule has 6 heteroatoms. The molecule has 0 saturated heterocycles. The molecular formula is C20H31Cl2NO2P+. The summed E-state index contributed by atoms with van der Waals surface area (Å²) < 4.78 is 19.4. The lowest BCUT2D eigenvalue weighted by molar-refractivity contribution is -0.775. The first-order chi connectivity index (χ1) is 11.6. The average molecular weight is 419 g/mol. The van der Waals surface area contributed by atoms with Crippen LogP contribution >= 0.6 is 28.6 Å². The molecule has 1 fully saturated rings. The predicted octanol–water partition coefficient (Wildman–Crippen LogP) is 6.79.